The average molecular weight is 455 g/mol. The van der Waals surface area contributed by atoms with Gasteiger partial charge in [0.1, 0.15) is 36.7 Å². The smallest absolute Gasteiger partial charge is 0.254 e. The molecule has 1 aliphatic carbocycles. The summed E-state index contributed by atoms with van der Waals surface area (Å²) in [5.41, 5.74) is 6.56. The van der Waals surface area contributed by atoms with E-state index in [0.29, 0.717) is 57.2 Å². The minimum absolute atomic E-state index is 0.0626. The van der Waals surface area contributed by atoms with Crippen LogP contribution < -0.4 is 26.3 Å². The molecule has 3 aliphatic rings. The topological polar surface area (TPSA) is 109 Å². The van der Waals surface area contributed by atoms with Crippen LogP contribution in [0.25, 0.3) is 11.3 Å². The molecule has 9 nitrogen and oxygen atoms in total. The van der Waals surface area contributed by atoms with Gasteiger partial charge in [-0.25, -0.2) is 5.84 Å². The molecule has 176 valence electrons. The minimum Gasteiger partial charge on any atom is -0.490 e. The molecule has 5 rings (SSSR count). The normalized spacial score (nSPS) is 20.1. The second kappa shape index (κ2) is 9.54. The third-order valence-corrected chi connectivity index (χ3v) is 6.19. The molecule has 3 N–H and O–H groups in total. The zero-order valence-corrected chi connectivity index (χ0v) is 18.8. The second-order valence-corrected chi connectivity index (χ2v) is 8.66. The van der Waals surface area contributed by atoms with Crippen molar-refractivity contribution in [2.75, 3.05) is 33.0 Å². The molecule has 1 aromatic heterocycles. The van der Waals surface area contributed by atoms with E-state index in [0.717, 1.165) is 47.4 Å². The fourth-order valence-electron chi connectivity index (χ4n) is 4.28. The Morgan fingerprint density at radius 1 is 1.27 bits per heavy atom. The molecule has 1 aromatic carbocycles. The second-order valence-electron chi connectivity index (χ2n) is 8.66. The van der Waals surface area contributed by atoms with Gasteiger partial charge in [0.2, 0.25) is 0 Å². The molecule has 0 amide bonds. The SMILES string of the molecule is Cc1c(OCC2COCCO2)cc(=O)n2c1-c1ccc(OCC(=NC3CC3)NN)cc1CC2. The Bertz CT molecular complexity index is 1100. The van der Waals surface area contributed by atoms with Gasteiger partial charge in [0.25, 0.3) is 5.56 Å². The van der Waals surface area contributed by atoms with Crippen molar-refractivity contribution < 1.29 is 18.9 Å². The summed E-state index contributed by atoms with van der Waals surface area (Å²) < 4.78 is 24.8. The van der Waals surface area contributed by atoms with Crippen LogP contribution >= 0.6 is 0 Å². The Hall–Kier alpha value is -2.88. The number of aryl methyl sites for hydroxylation is 1. The average Bonchev–Trinajstić information content (AvgIpc) is 3.67. The molecule has 33 heavy (non-hydrogen) atoms. The highest BCUT2D eigenvalue weighted by Crippen LogP contribution is 2.36. The van der Waals surface area contributed by atoms with Crippen LogP contribution in [0.1, 0.15) is 24.0 Å². The van der Waals surface area contributed by atoms with Crippen LogP contribution in [-0.2, 0) is 22.4 Å². The molecule has 1 atom stereocenters. The standard InChI is InChI=1S/C24H30N4O5/c1-15-21(33-13-19-12-30-8-9-31-19)11-23(29)28-7-6-16-10-18(4-5-20(16)24(15)28)32-14-22(27-25)26-17-2-3-17/h4-5,10-11,17,19H,2-3,6-9,12-14,25H2,1H3,(H,26,27). The van der Waals surface area contributed by atoms with Gasteiger partial charge in [-0.3, -0.25) is 9.79 Å². The summed E-state index contributed by atoms with van der Waals surface area (Å²) in [4.78, 5) is 17.3. The Morgan fingerprint density at radius 2 is 2.15 bits per heavy atom. The summed E-state index contributed by atoms with van der Waals surface area (Å²) >= 11 is 0. The van der Waals surface area contributed by atoms with Gasteiger partial charge in [-0.05, 0) is 49.9 Å². The molecular formula is C24H30N4O5. The van der Waals surface area contributed by atoms with Gasteiger partial charge >= 0.3 is 0 Å². The molecule has 0 bridgehead atoms. The minimum atomic E-state index is -0.125. The van der Waals surface area contributed by atoms with E-state index in [1.807, 2.05) is 29.7 Å². The number of hydrazine groups is 1. The molecule has 1 unspecified atom stereocenters. The summed E-state index contributed by atoms with van der Waals surface area (Å²) in [6.07, 6.45) is 2.84. The number of benzene rings is 1. The van der Waals surface area contributed by atoms with Crippen LogP contribution in [0.3, 0.4) is 0 Å². The largest absolute Gasteiger partial charge is 0.490 e. The molecule has 9 heteroatoms. The number of rotatable bonds is 7. The van der Waals surface area contributed by atoms with Crippen LogP contribution in [0.4, 0.5) is 0 Å². The first-order valence-corrected chi connectivity index (χ1v) is 11.5. The lowest BCUT2D eigenvalue weighted by Gasteiger charge is -2.27. The molecular weight excluding hydrogens is 424 g/mol. The fourth-order valence-corrected chi connectivity index (χ4v) is 4.28. The Kier molecular flexibility index (Phi) is 6.34. The van der Waals surface area contributed by atoms with E-state index in [1.165, 1.54) is 0 Å². The number of pyridine rings is 1. The van der Waals surface area contributed by atoms with Gasteiger partial charge in [-0.15, -0.1) is 0 Å². The van der Waals surface area contributed by atoms with Crippen LogP contribution in [0.2, 0.25) is 0 Å². The van der Waals surface area contributed by atoms with Crippen molar-refractivity contribution in [2.45, 2.75) is 44.9 Å². The number of amidine groups is 1. The van der Waals surface area contributed by atoms with E-state index < -0.39 is 0 Å². The summed E-state index contributed by atoms with van der Waals surface area (Å²) in [5, 5.41) is 0. The van der Waals surface area contributed by atoms with E-state index in [-0.39, 0.29) is 11.7 Å². The lowest BCUT2D eigenvalue weighted by atomic mass is 9.94. The monoisotopic (exact) mass is 454 g/mol. The number of fused-ring (bicyclic) bond motifs is 3. The highest BCUT2D eigenvalue weighted by atomic mass is 16.6. The zero-order valence-electron chi connectivity index (χ0n) is 18.8. The van der Waals surface area contributed by atoms with Gasteiger partial charge in [0.15, 0.2) is 0 Å². The van der Waals surface area contributed by atoms with Crippen molar-refractivity contribution in [2.24, 2.45) is 10.8 Å². The number of aliphatic imine (C=N–C) groups is 1. The molecule has 2 aliphatic heterocycles. The molecule has 0 spiro atoms. The van der Waals surface area contributed by atoms with Gasteiger partial charge in [-0.2, -0.15) is 0 Å². The van der Waals surface area contributed by atoms with Crippen molar-refractivity contribution in [3.05, 3.63) is 45.7 Å². The summed E-state index contributed by atoms with van der Waals surface area (Å²) in [5.74, 6) is 7.56. The lowest BCUT2D eigenvalue weighted by Crippen LogP contribution is -2.35. The quantitative estimate of drug-likeness (QED) is 0.283. The summed E-state index contributed by atoms with van der Waals surface area (Å²) in [6.45, 7) is 4.93. The van der Waals surface area contributed by atoms with E-state index in [1.54, 1.807) is 6.07 Å². The van der Waals surface area contributed by atoms with Gasteiger partial charge in [0, 0.05) is 23.7 Å². The predicted molar refractivity (Wildman–Crippen MR) is 124 cm³/mol. The van der Waals surface area contributed by atoms with E-state index in [9.17, 15) is 4.79 Å². The first kappa shape index (κ1) is 21.9. The van der Waals surface area contributed by atoms with Gasteiger partial charge in [-0.1, -0.05) is 0 Å². The van der Waals surface area contributed by atoms with Crippen molar-refractivity contribution in [1.82, 2.24) is 9.99 Å². The molecule has 1 saturated carbocycles. The lowest BCUT2D eigenvalue weighted by molar-refractivity contribution is -0.101. The Balaban J connectivity index is 1.36. The number of nitrogens with two attached hydrogens (primary N) is 1. The Morgan fingerprint density at radius 3 is 2.91 bits per heavy atom. The fraction of sp³-hybridized carbons (Fsp3) is 0.500. The van der Waals surface area contributed by atoms with Crippen LogP contribution in [0, 0.1) is 6.92 Å². The van der Waals surface area contributed by atoms with Crippen molar-refractivity contribution in [3.8, 4) is 22.8 Å². The third-order valence-electron chi connectivity index (χ3n) is 6.19. The summed E-state index contributed by atoms with van der Waals surface area (Å²) in [6, 6.07) is 7.91. The first-order valence-electron chi connectivity index (χ1n) is 11.5. The van der Waals surface area contributed by atoms with Crippen molar-refractivity contribution in [3.63, 3.8) is 0 Å². The number of nitrogens with one attached hydrogen (secondary N) is 1. The Labute approximate surface area is 192 Å². The van der Waals surface area contributed by atoms with E-state index >= 15 is 0 Å². The van der Waals surface area contributed by atoms with Crippen LogP contribution in [0.15, 0.2) is 34.1 Å². The number of aromatic nitrogens is 1. The highest BCUT2D eigenvalue weighted by Gasteiger charge is 2.24. The zero-order chi connectivity index (χ0) is 22.8. The van der Waals surface area contributed by atoms with E-state index in [4.69, 9.17) is 24.8 Å². The summed E-state index contributed by atoms with van der Waals surface area (Å²) in [7, 11) is 0. The molecule has 0 radical (unpaired) electrons. The number of ether oxygens (including phenoxy) is 4. The van der Waals surface area contributed by atoms with Crippen molar-refractivity contribution in [1.29, 1.82) is 0 Å². The van der Waals surface area contributed by atoms with Gasteiger partial charge in [0.05, 0.1) is 31.6 Å². The molecule has 2 aromatic rings. The van der Waals surface area contributed by atoms with Crippen LogP contribution in [0.5, 0.6) is 11.5 Å². The number of hydrogen-bond donors (Lipinski definition) is 2. The van der Waals surface area contributed by atoms with Crippen LogP contribution in [-0.4, -0.2) is 55.6 Å². The molecule has 1 saturated heterocycles. The van der Waals surface area contributed by atoms with Crippen molar-refractivity contribution >= 4 is 5.84 Å². The van der Waals surface area contributed by atoms with E-state index in [2.05, 4.69) is 10.4 Å². The maximum absolute atomic E-state index is 12.8. The highest BCUT2D eigenvalue weighted by molar-refractivity contribution is 5.83. The first-order chi connectivity index (χ1) is 16.1. The maximum Gasteiger partial charge on any atom is 0.254 e. The third kappa shape index (κ3) is 4.90. The number of hydrogen-bond acceptors (Lipinski definition) is 7. The maximum atomic E-state index is 12.8. The molecule has 3 heterocycles. The number of nitrogens with zero attached hydrogens (tertiary/aromatic N) is 2. The predicted octanol–water partition coefficient (Wildman–Crippen LogP) is 1.58. The molecule has 2 fully saturated rings. The van der Waals surface area contributed by atoms with Gasteiger partial charge < -0.3 is 28.9 Å².